The normalized spacial score (nSPS) is 13.0. The van der Waals surface area contributed by atoms with E-state index in [2.05, 4.69) is 5.32 Å². The van der Waals surface area contributed by atoms with E-state index in [0.717, 1.165) is 10.1 Å². The summed E-state index contributed by atoms with van der Waals surface area (Å²) >= 11 is 0. The van der Waals surface area contributed by atoms with Gasteiger partial charge in [-0.25, -0.2) is 4.79 Å². The quantitative estimate of drug-likeness (QED) is 0.400. The predicted octanol–water partition coefficient (Wildman–Crippen LogP) is 2.00. The first-order valence-corrected chi connectivity index (χ1v) is 9.61. The summed E-state index contributed by atoms with van der Waals surface area (Å²) in [7, 11) is 0. The third kappa shape index (κ3) is 6.55. The van der Waals surface area contributed by atoms with Crippen molar-refractivity contribution < 1.29 is 24.6 Å². The van der Waals surface area contributed by atoms with Crippen LogP contribution in [0.2, 0.25) is 0 Å². The molecule has 1 heterocycles. The van der Waals surface area contributed by atoms with Gasteiger partial charge in [-0.2, -0.15) is 0 Å². The van der Waals surface area contributed by atoms with Gasteiger partial charge in [0.25, 0.3) is 0 Å². The van der Waals surface area contributed by atoms with Gasteiger partial charge in [0, 0.05) is 6.20 Å². The molecule has 1 aromatic carbocycles. The summed E-state index contributed by atoms with van der Waals surface area (Å²) < 4.78 is 1.05. The molecule has 156 valence electrons. The maximum atomic E-state index is 13.0. The first kappa shape index (κ1) is 22.3. The van der Waals surface area contributed by atoms with Crippen molar-refractivity contribution in [1.82, 2.24) is 9.88 Å². The van der Waals surface area contributed by atoms with Crippen LogP contribution in [-0.2, 0) is 11.2 Å². The molecule has 2 aromatic rings. The lowest BCUT2D eigenvalue weighted by Gasteiger charge is -2.23. The van der Waals surface area contributed by atoms with Crippen molar-refractivity contribution in [2.45, 2.75) is 44.2 Å². The van der Waals surface area contributed by atoms with Crippen molar-refractivity contribution >= 4 is 17.8 Å². The van der Waals surface area contributed by atoms with E-state index >= 15 is 0 Å². The van der Waals surface area contributed by atoms with E-state index in [1.165, 1.54) is 18.3 Å². The maximum Gasteiger partial charge on any atom is 0.352 e. The van der Waals surface area contributed by atoms with Gasteiger partial charge in [0.05, 0.1) is 6.04 Å². The molecule has 0 fully saturated rings. The highest BCUT2D eigenvalue weighted by Gasteiger charge is 2.28. The first-order chi connectivity index (χ1) is 13.9. The minimum Gasteiger partial charge on any atom is -0.480 e. The fraction of sp³-hybridized carbons (Fsp3) is 0.381. The van der Waals surface area contributed by atoms with Crippen LogP contribution in [0.5, 0.6) is 0 Å². The SMILES string of the molecule is NCCCC[C@H](N[C@H](CCc1ccccc1)C(=O)O)C(=O)n1cccc1C(=O)O. The minimum absolute atomic E-state index is 0.156. The van der Waals surface area contributed by atoms with E-state index in [-0.39, 0.29) is 5.69 Å². The first-order valence-electron chi connectivity index (χ1n) is 9.61. The highest BCUT2D eigenvalue weighted by atomic mass is 16.4. The van der Waals surface area contributed by atoms with Crippen molar-refractivity contribution in [3.63, 3.8) is 0 Å². The zero-order valence-electron chi connectivity index (χ0n) is 16.2. The summed E-state index contributed by atoms with van der Waals surface area (Å²) in [5.74, 6) is -2.76. The van der Waals surface area contributed by atoms with Crippen molar-refractivity contribution in [2.24, 2.45) is 5.73 Å². The molecule has 1 aromatic heterocycles. The van der Waals surface area contributed by atoms with Crippen LogP contribution >= 0.6 is 0 Å². The summed E-state index contributed by atoms with van der Waals surface area (Å²) in [5.41, 5.74) is 6.38. The second kappa shape index (κ2) is 11.1. The van der Waals surface area contributed by atoms with Crippen LogP contribution in [0.3, 0.4) is 0 Å². The third-order valence-corrected chi connectivity index (χ3v) is 4.72. The second-order valence-electron chi connectivity index (χ2n) is 6.83. The Kier molecular flexibility index (Phi) is 8.57. The van der Waals surface area contributed by atoms with Gasteiger partial charge in [0.15, 0.2) is 0 Å². The van der Waals surface area contributed by atoms with Gasteiger partial charge in [0.2, 0.25) is 5.91 Å². The molecule has 29 heavy (non-hydrogen) atoms. The molecule has 0 unspecified atom stereocenters. The summed E-state index contributed by atoms with van der Waals surface area (Å²) in [4.78, 5) is 36.1. The van der Waals surface area contributed by atoms with Crippen LogP contribution in [0.1, 0.15) is 46.5 Å². The number of nitrogens with one attached hydrogen (secondary N) is 1. The lowest BCUT2D eigenvalue weighted by Crippen LogP contribution is -2.49. The Balaban J connectivity index is 2.15. The van der Waals surface area contributed by atoms with Gasteiger partial charge in [0.1, 0.15) is 11.7 Å². The number of aromatic nitrogens is 1. The molecule has 0 aliphatic heterocycles. The number of carboxylic acid groups (broad SMARTS) is 2. The Labute approximate surface area is 169 Å². The van der Waals surface area contributed by atoms with E-state index in [9.17, 15) is 24.6 Å². The molecule has 2 atom stereocenters. The number of unbranched alkanes of at least 4 members (excludes halogenated alkanes) is 1. The smallest absolute Gasteiger partial charge is 0.352 e. The highest BCUT2D eigenvalue weighted by Crippen LogP contribution is 2.12. The summed E-state index contributed by atoms with van der Waals surface area (Å²) in [6.07, 6.45) is 3.89. The molecule has 0 saturated carbocycles. The predicted molar refractivity (Wildman–Crippen MR) is 108 cm³/mol. The maximum absolute atomic E-state index is 13.0. The highest BCUT2D eigenvalue weighted by molar-refractivity contribution is 5.94. The van der Waals surface area contributed by atoms with Crippen LogP contribution in [0.4, 0.5) is 0 Å². The molecule has 8 heteroatoms. The zero-order chi connectivity index (χ0) is 21.2. The monoisotopic (exact) mass is 401 g/mol. The third-order valence-electron chi connectivity index (χ3n) is 4.72. The van der Waals surface area contributed by atoms with Crippen LogP contribution in [-0.4, -0.2) is 51.3 Å². The number of carbonyl (C=O) groups is 3. The molecule has 0 amide bonds. The minimum atomic E-state index is -1.22. The van der Waals surface area contributed by atoms with Crippen molar-refractivity contribution in [1.29, 1.82) is 0 Å². The van der Waals surface area contributed by atoms with E-state index in [0.29, 0.717) is 38.6 Å². The lowest BCUT2D eigenvalue weighted by molar-refractivity contribution is -0.139. The number of benzene rings is 1. The molecule has 0 aliphatic rings. The number of nitrogens with two attached hydrogens (primary N) is 1. The number of aromatic carboxylic acids is 1. The lowest BCUT2D eigenvalue weighted by atomic mass is 10.0. The summed E-state index contributed by atoms with van der Waals surface area (Å²) in [5, 5.41) is 21.8. The molecule has 8 nitrogen and oxygen atoms in total. The number of aliphatic carboxylic acids is 1. The largest absolute Gasteiger partial charge is 0.480 e. The summed E-state index contributed by atoms with van der Waals surface area (Å²) in [6, 6.07) is 10.5. The molecule has 0 bridgehead atoms. The number of aryl methyl sites for hydroxylation is 1. The van der Waals surface area contributed by atoms with Crippen molar-refractivity contribution in [2.75, 3.05) is 6.54 Å². The molecule has 0 radical (unpaired) electrons. The topological polar surface area (TPSA) is 135 Å². The van der Waals surface area contributed by atoms with Gasteiger partial charge in [-0.3, -0.25) is 19.5 Å². The Morgan fingerprint density at radius 2 is 1.69 bits per heavy atom. The van der Waals surface area contributed by atoms with Crippen molar-refractivity contribution in [3.05, 3.63) is 59.9 Å². The molecule has 0 saturated heterocycles. The Bertz CT molecular complexity index is 819. The van der Waals surface area contributed by atoms with Crippen LogP contribution in [0, 0.1) is 0 Å². The number of carboxylic acids is 2. The molecular formula is C21H27N3O5. The van der Waals surface area contributed by atoms with Crippen LogP contribution in [0.15, 0.2) is 48.7 Å². The van der Waals surface area contributed by atoms with Crippen molar-refractivity contribution in [3.8, 4) is 0 Å². The van der Waals surface area contributed by atoms with Gasteiger partial charge in [-0.05, 0) is 49.9 Å². The zero-order valence-corrected chi connectivity index (χ0v) is 16.2. The fourth-order valence-electron chi connectivity index (χ4n) is 3.16. The molecule has 0 aliphatic carbocycles. The van der Waals surface area contributed by atoms with E-state index in [4.69, 9.17) is 5.73 Å². The fourth-order valence-corrected chi connectivity index (χ4v) is 3.16. The summed E-state index contributed by atoms with van der Waals surface area (Å²) in [6.45, 7) is 0.459. The van der Waals surface area contributed by atoms with E-state index in [1.807, 2.05) is 30.3 Å². The average molecular weight is 401 g/mol. The number of hydrogen-bond donors (Lipinski definition) is 4. The van der Waals surface area contributed by atoms with Gasteiger partial charge in [-0.1, -0.05) is 36.8 Å². The Hall–Kier alpha value is -2.97. The Morgan fingerprint density at radius 3 is 2.31 bits per heavy atom. The van der Waals surface area contributed by atoms with Gasteiger partial charge >= 0.3 is 11.9 Å². The standard InChI is InChI=1S/C21H27N3O5/c22-13-5-4-9-16(19(25)24-14-6-10-18(24)21(28)29)23-17(20(26)27)12-11-15-7-2-1-3-8-15/h1-3,6-8,10,14,16-17,23H,4-5,9,11-13,22H2,(H,26,27)(H,28,29)/t16-,17+/m0/s1. The molecule has 2 rings (SSSR count). The number of carbonyl (C=O) groups excluding carboxylic acids is 1. The second-order valence-corrected chi connectivity index (χ2v) is 6.83. The Morgan fingerprint density at radius 1 is 0.966 bits per heavy atom. The van der Waals surface area contributed by atoms with Gasteiger partial charge < -0.3 is 15.9 Å². The van der Waals surface area contributed by atoms with E-state index < -0.39 is 29.9 Å². The van der Waals surface area contributed by atoms with E-state index in [1.54, 1.807) is 0 Å². The van der Waals surface area contributed by atoms with Crippen LogP contribution < -0.4 is 11.1 Å². The molecule has 5 N–H and O–H groups in total. The number of rotatable bonds is 12. The molecular weight excluding hydrogens is 374 g/mol. The average Bonchev–Trinajstić information content (AvgIpc) is 3.20. The number of hydrogen-bond acceptors (Lipinski definition) is 5. The number of nitrogens with zero attached hydrogens (tertiary/aromatic N) is 1. The van der Waals surface area contributed by atoms with Gasteiger partial charge in [-0.15, -0.1) is 0 Å². The molecule has 0 spiro atoms. The van der Waals surface area contributed by atoms with Crippen LogP contribution in [0.25, 0.3) is 0 Å².